The van der Waals surface area contributed by atoms with E-state index in [1.54, 1.807) is 14.2 Å². The highest BCUT2D eigenvalue weighted by Crippen LogP contribution is 2.28. The number of fused-ring (bicyclic) bond motifs is 1. The third-order valence-corrected chi connectivity index (χ3v) is 5.99. The van der Waals surface area contributed by atoms with Crippen LogP contribution >= 0.6 is 0 Å². The molecule has 186 valence electrons. The number of benzene rings is 1. The van der Waals surface area contributed by atoms with Crippen LogP contribution in [0.15, 0.2) is 23.2 Å². The first-order valence-electron chi connectivity index (χ1n) is 11.9. The molecule has 1 aliphatic carbocycles. The number of hydrogen-bond acceptors (Lipinski definition) is 7. The molecule has 2 aromatic rings. The van der Waals surface area contributed by atoms with Crippen LogP contribution in [0.2, 0.25) is 0 Å². The quantitative estimate of drug-likeness (QED) is 0.360. The molecule has 1 heterocycles. The van der Waals surface area contributed by atoms with E-state index in [0.29, 0.717) is 31.4 Å². The topological polar surface area (TPSA) is 124 Å². The zero-order chi connectivity index (χ0) is 24.7. The average molecular weight is 471 g/mol. The number of anilines is 1. The average Bonchev–Trinajstić information content (AvgIpc) is 2.79. The number of amides is 1. The second-order valence-electron chi connectivity index (χ2n) is 9.85. The number of methoxy groups -OCH3 is 2. The van der Waals surface area contributed by atoms with Gasteiger partial charge in [-0.25, -0.2) is 9.97 Å². The number of aryl methyl sites for hydroxylation is 1. The minimum atomic E-state index is -0.308. The smallest absolute Gasteiger partial charge is 0.289 e. The fraction of sp³-hybridized carbons (Fsp3) is 0.600. The van der Waals surface area contributed by atoms with Gasteiger partial charge in [-0.1, -0.05) is 38.3 Å². The summed E-state index contributed by atoms with van der Waals surface area (Å²) < 4.78 is 10.4. The zero-order valence-corrected chi connectivity index (χ0v) is 21.0. The summed E-state index contributed by atoms with van der Waals surface area (Å²) in [6, 6.07) is 6.03. The molecule has 1 aliphatic rings. The van der Waals surface area contributed by atoms with Crippen molar-refractivity contribution in [3.8, 4) is 0 Å². The number of aromatic nitrogens is 2. The normalized spacial score (nSPS) is 19.3. The summed E-state index contributed by atoms with van der Waals surface area (Å²) in [4.78, 5) is 26.9. The highest BCUT2D eigenvalue weighted by molar-refractivity contribution is 5.96. The maximum atomic E-state index is 13.0. The number of carbonyl (C=O) groups is 1. The Morgan fingerprint density at radius 3 is 2.71 bits per heavy atom. The van der Waals surface area contributed by atoms with Gasteiger partial charge in [-0.3, -0.25) is 9.79 Å². The van der Waals surface area contributed by atoms with Gasteiger partial charge < -0.3 is 25.8 Å². The summed E-state index contributed by atoms with van der Waals surface area (Å²) in [6.45, 7) is 7.40. The van der Waals surface area contributed by atoms with E-state index >= 15 is 0 Å². The van der Waals surface area contributed by atoms with Crippen molar-refractivity contribution in [3.05, 3.63) is 29.6 Å². The number of rotatable bonds is 10. The molecule has 1 aromatic carbocycles. The van der Waals surface area contributed by atoms with E-state index < -0.39 is 0 Å². The van der Waals surface area contributed by atoms with Crippen molar-refractivity contribution in [2.24, 2.45) is 16.1 Å². The number of nitrogens with two attached hydrogens (primary N) is 1. The molecule has 4 N–H and O–H groups in total. The van der Waals surface area contributed by atoms with E-state index in [-0.39, 0.29) is 29.2 Å². The lowest BCUT2D eigenvalue weighted by Crippen LogP contribution is -2.38. The summed E-state index contributed by atoms with van der Waals surface area (Å²) in [5.74, 6) is 0.967. The molecule has 9 nitrogen and oxygen atoms in total. The monoisotopic (exact) mass is 470 g/mol. The second kappa shape index (κ2) is 11.6. The standard InChI is InChI=1S/C25H38N6O3/c1-16-10-11-18-17(12-16)22(30-20-9-7-6-8-19(20)28-21(26)13-33-4)31-23(29-18)24(32)27-14-25(2,3)15-34-5/h10-12,19-20H,6-9,13-15H2,1-5H3,(H2,26,28)(H,27,32)(H,29,30,31)/t19-,20+/m1/s1. The number of nitrogens with zero attached hydrogens (tertiary/aromatic N) is 3. The van der Waals surface area contributed by atoms with Gasteiger partial charge in [0.15, 0.2) is 0 Å². The number of nitrogens with one attached hydrogen (secondary N) is 2. The van der Waals surface area contributed by atoms with E-state index in [1.165, 1.54) is 0 Å². The van der Waals surface area contributed by atoms with Gasteiger partial charge in [0.1, 0.15) is 18.3 Å². The lowest BCUT2D eigenvalue weighted by molar-refractivity contribution is 0.0839. The van der Waals surface area contributed by atoms with E-state index in [2.05, 4.69) is 20.6 Å². The Hall–Kier alpha value is -2.78. The first kappa shape index (κ1) is 25.8. The summed E-state index contributed by atoms with van der Waals surface area (Å²) in [6.07, 6.45) is 4.07. The van der Waals surface area contributed by atoms with Crippen LogP contribution in [-0.2, 0) is 9.47 Å². The Labute approximate surface area is 201 Å². The van der Waals surface area contributed by atoms with Crippen LogP contribution in [0, 0.1) is 12.3 Å². The van der Waals surface area contributed by atoms with Crippen molar-refractivity contribution in [1.29, 1.82) is 0 Å². The molecule has 1 aromatic heterocycles. The number of carbonyl (C=O) groups excluding carboxylic acids is 1. The van der Waals surface area contributed by atoms with E-state index in [0.717, 1.165) is 42.1 Å². The van der Waals surface area contributed by atoms with Gasteiger partial charge in [0, 0.05) is 37.6 Å². The van der Waals surface area contributed by atoms with Gasteiger partial charge in [-0.2, -0.15) is 0 Å². The van der Waals surface area contributed by atoms with Crippen LogP contribution in [0.25, 0.3) is 10.9 Å². The summed E-state index contributed by atoms with van der Waals surface area (Å²) in [5.41, 5.74) is 7.66. The maximum Gasteiger partial charge on any atom is 0.289 e. The van der Waals surface area contributed by atoms with Gasteiger partial charge in [0.25, 0.3) is 5.91 Å². The predicted octanol–water partition coefficient (Wildman–Crippen LogP) is 3.07. The molecular weight excluding hydrogens is 432 g/mol. The second-order valence-corrected chi connectivity index (χ2v) is 9.85. The highest BCUT2D eigenvalue weighted by Gasteiger charge is 2.27. The molecular formula is C25H38N6O3. The highest BCUT2D eigenvalue weighted by atomic mass is 16.5. The van der Waals surface area contributed by atoms with Crippen molar-refractivity contribution in [2.45, 2.75) is 58.5 Å². The van der Waals surface area contributed by atoms with Crippen molar-refractivity contribution in [2.75, 3.05) is 39.3 Å². The Balaban J connectivity index is 1.90. The maximum absolute atomic E-state index is 13.0. The predicted molar refractivity (Wildman–Crippen MR) is 135 cm³/mol. The fourth-order valence-electron chi connectivity index (χ4n) is 4.30. The molecule has 0 bridgehead atoms. The lowest BCUT2D eigenvalue weighted by Gasteiger charge is -2.30. The van der Waals surface area contributed by atoms with Crippen molar-refractivity contribution in [1.82, 2.24) is 15.3 Å². The minimum absolute atomic E-state index is 0.0193. The molecule has 0 spiro atoms. The van der Waals surface area contributed by atoms with Crippen LogP contribution in [0.1, 0.15) is 55.7 Å². The first-order chi connectivity index (χ1) is 16.2. The van der Waals surface area contributed by atoms with Gasteiger partial charge in [-0.15, -0.1) is 0 Å². The Bertz CT molecular complexity index is 1020. The lowest BCUT2D eigenvalue weighted by atomic mass is 9.90. The number of ether oxygens (including phenoxy) is 2. The summed E-state index contributed by atoms with van der Waals surface area (Å²) >= 11 is 0. The van der Waals surface area contributed by atoms with Crippen molar-refractivity contribution in [3.63, 3.8) is 0 Å². The molecule has 0 unspecified atom stereocenters. The summed E-state index contributed by atoms with van der Waals surface area (Å²) in [5, 5.41) is 7.42. The van der Waals surface area contributed by atoms with Gasteiger partial charge in [0.2, 0.25) is 5.82 Å². The molecule has 3 rings (SSSR count). The van der Waals surface area contributed by atoms with Gasteiger partial charge in [0.05, 0.1) is 18.2 Å². The summed E-state index contributed by atoms with van der Waals surface area (Å²) in [7, 11) is 3.26. The first-order valence-corrected chi connectivity index (χ1v) is 11.9. The van der Waals surface area contributed by atoms with E-state index in [4.69, 9.17) is 20.2 Å². The molecule has 1 saturated carbocycles. The fourth-order valence-corrected chi connectivity index (χ4v) is 4.30. The van der Waals surface area contributed by atoms with Crippen LogP contribution in [0.3, 0.4) is 0 Å². The van der Waals surface area contributed by atoms with Crippen LogP contribution in [0.4, 0.5) is 5.82 Å². The molecule has 0 aliphatic heterocycles. The Morgan fingerprint density at radius 2 is 1.97 bits per heavy atom. The molecule has 0 radical (unpaired) electrons. The minimum Gasteiger partial charge on any atom is -0.386 e. The van der Waals surface area contributed by atoms with Crippen LogP contribution in [0.5, 0.6) is 0 Å². The number of amidine groups is 1. The zero-order valence-electron chi connectivity index (χ0n) is 21.0. The van der Waals surface area contributed by atoms with Crippen LogP contribution in [-0.4, -0.2) is 67.8 Å². The number of hydrogen-bond donors (Lipinski definition) is 3. The van der Waals surface area contributed by atoms with Gasteiger partial charge in [-0.05, 0) is 31.9 Å². The number of aliphatic imine (C=N–C) groups is 1. The SMILES string of the molecule is COCC(N)=N[C@@H]1CCCC[C@@H]1Nc1nc(C(=O)NCC(C)(C)COC)nc2ccc(C)cc12. The molecule has 34 heavy (non-hydrogen) atoms. The molecule has 9 heteroatoms. The molecule has 1 fully saturated rings. The van der Waals surface area contributed by atoms with E-state index in [1.807, 2.05) is 39.0 Å². The van der Waals surface area contributed by atoms with Crippen molar-refractivity contribution < 1.29 is 14.3 Å². The third-order valence-electron chi connectivity index (χ3n) is 5.99. The molecule has 2 atom stereocenters. The largest absolute Gasteiger partial charge is 0.386 e. The molecule has 1 amide bonds. The van der Waals surface area contributed by atoms with Crippen molar-refractivity contribution >= 4 is 28.5 Å². The van der Waals surface area contributed by atoms with E-state index in [9.17, 15) is 4.79 Å². The Kier molecular flexibility index (Phi) is 8.79. The van der Waals surface area contributed by atoms with Crippen LogP contribution < -0.4 is 16.4 Å². The van der Waals surface area contributed by atoms with Gasteiger partial charge >= 0.3 is 0 Å². The Morgan fingerprint density at radius 1 is 1.21 bits per heavy atom. The third kappa shape index (κ3) is 6.87. The molecule has 0 saturated heterocycles.